The molecule has 0 saturated carbocycles. The third kappa shape index (κ3) is 6.80. The molecular weight excluding hydrogens is 530 g/mol. The van der Waals surface area contributed by atoms with E-state index < -0.39 is 5.97 Å². The monoisotopic (exact) mass is 567 g/mol. The van der Waals surface area contributed by atoms with Gasteiger partial charge in [0.2, 0.25) is 11.7 Å². The molecule has 41 heavy (non-hydrogen) atoms. The van der Waals surface area contributed by atoms with Crippen molar-refractivity contribution in [2.45, 2.75) is 12.8 Å². The highest BCUT2D eigenvalue weighted by atomic mass is 16.5. The summed E-state index contributed by atoms with van der Waals surface area (Å²) >= 11 is 0. The van der Waals surface area contributed by atoms with Crippen LogP contribution in [0.25, 0.3) is 0 Å². The van der Waals surface area contributed by atoms with Gasteiger partial charge in [-0.2, -0.15) is 4.99 Å². The van der Waals surface area contributed by atoms with E-state index in [2.05, 4.69) is 10.3 Å². The van der Waals surface area contributed by atoms with E-state index in [-0.39, 0.29) is 30.6 Å². The fourth-order valence-electron chi connectivity index (χ4n) is 4.58. The Morgan fingerprint density at radius 2 is 1.80 bits per heavy atom. The van der Waals surface area contributed by atoms with E-state index in [1.807, 2.05) is 11.0 Å². The number of esters is 1. The Morgan fingerprint density at radius 1 is 1.07 bits per heavy atom. The van der Waals surface area contributed by atoms with Crippen LogP contribution >= 0.6 is 0 Å². The molecule has 2 heterocycles. The molecule has 0 spiro atoms. The second-order valence-corrected chi connectivity index (χ2v) is 9.34. The highest BCUT2D eigenvalue weighted by molar-refractivity contribution is 6.04. The summed E-state index contributed by atoms with van der Waals surface area (Å²) in [7, 11) is 6.09. The first kappa shape index (κ1) is 29.5. The summed E-state index contributed by atoms with van der Waals surface area (Å²) < 4.78 is 21.5. The maximum Gasteiger partial charge on any atom is 0.338 e. The number of hydrogen-bond acceptors (Lipinski definition) is 10. The van der Waals surface area contributed by atoms with Gasteiger partial charge in [-0.25, -0.2) is 14.8 Å². The van der Waals surface area contributed by atoms with E-state index in [0.29, 0.717) is 47.4 Å². The summed E-state index contributed by atoms with van der Waals surface area (Å²) in [6, 6.07) is 10.2. The molecule has 13 nitrogen and oxygen atoms in total. The molecule has 1 saturated heterocycles. The van der Waals surface area contributed by atoms with Crippen molar-refractivity contribution < 1.29 is 28.5 Å². The smallest absolute Gasteiger partial charge is 0.338 e. The van der Waals surface area contributed by atoms with E-state index in [0.717, 1.165) is 26.1 Å². The van der Waals surface area contributed by atoms with Crippen molar-refractivity contribution >= 4 is 29.5 Å². The van der Waals surface area contributed by atoms with Crippen LogP contribution in [0.2, 0.25) is 0 Å². The van der Waals surface area contributed by atoms with Crippen molar-refractivity contribution in [3.63, 3.8) is 0 Å². The van der Waals surface area contributed by atoms with Crippen LogP contribution in [0.5, 0.6) is 17.2 Å². The molecule has 13 heteroatoms. The van der Waals surface area contributed by atoms with E-state index in [1.165, 1.54) is 38.5 Å². The Hall–Kier alpha value is -4.52. The lowest BCUT2D eigenvalue weighted by atomic mass is 10.1. The zero-order valence-electron chi connectivity index (χ0n) is 23.9. The summed E-state index contributed by atoms with van der Waals surface area (Å²) in [6.07, 6.45) is 1.32. The summed E-state index contributed by atoms with van der Waals surface area (Å²) in [6.45, 7) is 3.55. The van der Waals surface area contributed by atoms with Gasteiger partial charge in [0.1, 0.15) is 0 Å². The Labute approximate surface area is 239 Å². The Bertz CT molecular complexity index is 1280. The molecule has 4 rings (SSSR count). The zero-order chi connectivity index (χ0) is 29.4. The molecule has 2 aromatic rings. The van der Waals surface area contributed by atoms with E-state index in [9.17, 15) is 9.59 Å². The fourth-order valence-corrected chi connectivity index (χ4v) is 4.58. The van der Waals surface area contributed by atoms with Gasteiger partial charge in [0.15, 0.2) is 17.5 Å². The third-order valence-corrected chi connectivity index (χ3v) is 6.77. The van der Waals surface area contributed by atoms with Crippen molar-refractivity contribution in [2.24, 2.45) is 15.7 Å². The number of carbonyl (C=O) groups excluding carboxylic acids is 2. The van der Waals surface area contributed by atoms with Crippen molar-refractivity contribution in [1.82, 2.24) is 20.2 Å². The quantitative estimate of drug-likeness (QED) is 0.210. The van der Waals surface area contributed by atoms with Gasteiger partial charge in [0.05, 0.1) is 44.8 Å². The molecule has 0 radical (unpaired) electrons. The van der Waals surface area contributed by atoms with E-state index in [1.54, 1.807) is 30.3 Å². The van der Waals surface area contributed by atoms with Gasteiger partial charge in [-0.3, -0.25) is 9.80 Å². The molecule has 3 N–H and O–H groups in total. The number of aliphatic imine (C=N–C) groups is 2. The zero-order valence-corrected chi connectivity index (χ0v) is 23.9. The molecule has 0 atom stereocenters. The van der Waals surface area contributed by atoms with Crippen LogP contribution in [0.4, 0.5) is 5.69 Å². The minimum absolute atomic E-state index is 0.0746. The lowest BCUT2D eigenvalue weighted by molar-refractivity contribution is 0.0339. The third-order valence-electron chi connectivity index (χ3n) is 6.77. The van der Waals surface area contributed by atoms with Gasteiger partial charge >= 0.3 is 5.97 Å². The van der Waals surface area contributed by atoms with Crippen LogP contribution in [0.15, 0.2) is 46.4 Å². The van der Waals surface area contributed by atoms with Gasteiger partial charge in [-0.1, -0.05) is 12.1 Å². The van der Waals surface area contributed by atoms with Crippen molar-refractivity contribution in [3.05, 3.63) is 47.5 Å². The SMILES string of the molecule is COc1cc(C(=O)OCCCN2C(N=C(N)N3CCCNCC3)=Nc3ccccc3C(=O)N2C)cc(OC)c1OC. The lowest BCUT2D eigenvalue weighted by Gasteiger charge is -2.31. The molecule has 1 fully saturated rings. The number of methoxy groups -OCH3 is 3. The summed E-state index contributed by atoms with van der Waals surface area (Å²) in [5.74, 6) is 0.885. The Balaban J connectivity index is 1.50. The van der Waals surface area contributed by atoms with Crippen LogP contribution in [0.1, 0.15) is 33.6 Å². The molecule has 0 unspecified atom stereocenters. The van der Waals surface area contributed by atoms with Crippen LogP contribution in [-0.2, 0) is 4.74 Å². The normalized spacial score (nSPS) is 15.9. The number of fused-ring (bicyclic) bond motifs is 1. The second kappa shape index (κ2) is 13.7. The highest BCUT2D eigenvalue weighted by Crippen LogP contribution is 2.38. The predicted octanol–water partition coefficient (Wildman–Crippen LogP) is 1.86. The molecule has 2 aliphatic rings. The first-order chi connectivity index (χ1) is 19.9. The number of nitrogens with zero attached hydrogens (tertiary/aromatic N) is 5. The van der Waals surface area contributed by atoms with Crippen LogP contribution in [0.3, 0.4) is 0 Å². The van der Waals surface area contributed by atoms with Gasteiger partial charge < -0.3 is 34.9 Å². The molecular formula is C28H37N7O6. The van der Waals surface area contributed by atoms with Gasteiger partial charge in [-0.05, 0) is 37.2 Å². The standard InChI is InChI=1S/C28H37N7O6/c1-33-25(36)20-9-5-6-10-21(20)31-28(32-27(29)34-13-7-11-30-12-15-34)35(33)14-8-16-41-26(37)19-17-22(38-2)24(40-4)23(18-19)39-3/h5-6,9-10,17-18,30H,7-8,11-16H2,1-4H3,(H2,29,31,32). The van der Waals surface area contributed by atoms with Crippen molar-refractivity contribution in [1.29, 1.82) is 0 Å². The van der Waals surface area contributed by atoms with Crippen LogP contribution < -0.4 is 25.3 Å². The Morgan fingerprint density at radius 3 is 2.51 bits per heavy atom. The molecule has 2 aliphatic heterocycles. The number of carbonyl (C=O) groups is 2. The van der Waals surface area contributed by atoms with Gasteiger partial charge in [0, 0.05) is 39.6 Å². The van der Waals surface area contributed by atoms with Gasteiger partial charge in [0.25, 0.3) is 5.91 Å². The largest absolute Gasteiger partial charge is 0.493 e. The minimum Gasteiger partial charge on any atom is -0.493 e. The number of guanidine groups is 2. The average molecular weight is 568 g/mol. The predicted molar refractivity (Wildman–Crippen MR) is 154 cm³/mol. The average Bonchev–Trinajstić information content (AvgIpc) is 3.33. The topological polar surface area (TPSA) is 144 Å². The number of nitrogens with one attached hydrogen (secondary N) is 1. The molecule has 2 aromatic carbocycles. The second-order valence-electron chi connectivity index (χ2n) is 9.34. The summed E-state index contributed by atoms with van der Waals surface area (Å²) in [5.41, 5.74) is 7.64. The molecule has 1 amide bonds. The fraction of sp³-hybridized carbons (Fsp3) is 0.429. The number of para-hydroxylation sites is 1. The number of ether oxygens (including phenoxy) is 4. The highest BCUT2D eigenvalue weighted by Gasteiger charge is 2.28. The molecule has 0 aliphatic carbocycles. The number of rotatable bonds is 8. The maximum atomic E-state index is 13.3. The number of amides is 1. The van der Waals surface area contributed by atoms with Crippen LogP contribution in [-0.4, -0.2) is 106 Å². The lowest BCUT2D eigenvalue weighted by Crippen LogP contribution is -2.48. The summed E-state index contributed by atoms with van der Waals surface area (Å²) in [4.78, 5) is 37.5. The first-order valence-corrected chi connectivity index (χ1v) is 13.4. The van der Waals surface area contributed by atoms with Crippen LogP contribution in [0, 0.1) is 0 Å². The number of benzene rings is 2. The molecule has 220 valence electrons. The number of nitrogens with two attached hydrogens (primary N) is 1. The first-order valence-electron chi connectivity index (χ1n) is 13.4. The molecule has 0 aromatic heterocycles. The van der Waals surface area contributed by atoms with Crippen molar-refractivity contribution in [2.75, 3.05) is 67.7 Å². The van der Waals surface area contributed by atoms with Gasteiger partial charge in [-0.15, -0.1) is 0 Å². The number of hydrogen-bond donors (Lipinski definition) is 2. The maximum absolute atomic E-state index is 13.3. The van der Waals surface area contributed by atoms with E-state index >= 15 is 0 Å². The van der Waals surface area contributed by atoms with Crippen molar-refractivity contribution in [3.8, 4) is 17.2 Å². The Kier molecular flexibility index (Phi) is 9.85. The molecule has 0 bridgehead atoms. The number of hydrazine groups is 1. The summed E-state index contributed by atoms with van der Waals surface area (Å²) in [5, 5.41) is 6.46. The van der Waals surface area contributed by atoms with E-state index in [4.69, 9.17) is 29.7 Å². The minimum atomic E-state index is -0.553.